The second-order valence-electron chi connectivity index (χ2n) is 7.57. The number of carbonyl (C=O) groups excluding carboxylic acids is 1. The molecule has 0 spiro atoms. The van der Waals surface area contributed by atoms with Crippen LogP contribution in [0, 0.1) is 0 Å². The van der Waals surface area contributed by atoms with E-state index in [-0.39, 0.29) is 25.2 Å². The summed E-state index contributed by atoms with van der Waals surface area (Å²) >= 11 is 0. The highest BCUT2D eigenvalue weighted by molar-refractivity contribution is 5.77. The third-order valence-electron chi connectivity index (χ3n) is 5.28. The van der Waals surface area contributed by atoms with Crippen molar-refractivity contribution < 1.29 is 19.1 Å². The number of hydrogen-bond acceptors (Lipinski definition) is 7. The zero-order valence-corrected chi connectivity index (χ0v) is 17.5. The number of nitrogens with zero attached hydrogens (tertiary/aromatic N) is 4. The van der Waals surface area contributed by atoms with Gasteiger partial charge in [-0.05, 0) is 31.2 Å². The molecule has 0 radical (unpaired) electrons. The maximum atomic E-state index is 12.3. The molecule has 3 heterocycles. The molecular formula is C22H27N5O4. The summed E-state index contributed by atoms with van der Waals surface area (Å²) in [5.74, 6) is 3.51. The van der Waals surface area contributed by atoms with Crippen molar-refractivity contribution in [2.75, 3.05) is 19.7 Å². The quantitative estimate of drug-likeness (QED) is 0.566. The topological polar surface area (TPSA) is 106 Å². The number of ether oxygens (including phenoxy) is 1. The van der Waals surface area contributed by atoms with E-state index in [1.165, 1.54) is 0 Å². The Bertz CT molecular complexity index is 1000. The molecule has 0 fully saturated rings. The first-order chi connectivity index (χ1) is 15.1. The Morgan fingerprint density at radius 2 is 1.97 bits per heavy atom. The lowest BCUT2D eigenvalue weighted by Crippen LogP contribution is -2.33. The van der Waals surface area contributed by atoms with Crippen LogP contribution in [0.15, 0.2) is 46.9 Å². The lowest BCUT2D eigenvalue weighted by molar-refractivity contribution is -0.123. The number of aliphatic hydroxyl groups excluding tert-OH is 1. The minimum atomic E-state index is -0.281. The van der Waals surface area contributed by atoms with Gasteiger partial charge in [0, 0.05) is 26.1 Å². The van der Waals surface area contributed by atoms with Gasteiger partial charge >= 0.3 is 0 Å². The van der Waals surface area contributed by atoms with Crippen LogP contribution in [0.4, 0.5) is 0 Å². The average Bonchev–Trinajstić information content (AvgIpc) is 3.36. The van der Waals surface area contributed by atoms with E-state index in [0.29, 0.717) is 18.1 Å². The molecule has 1 aromatic carbocycles. The molecular weight excluding hydrogens is 398 g/mol. The number of amides is 1. The van der Waals surface area contributed by atoms with Crippen molar-refractivity contribution in [3.63, 3.8) is 0 Å². The van der Waals surface area contributed by atoms with Crippen LogP contribution in [0.3, 0.4) is 0 Å². The van der Waals surface area contributed by atoms with Crippen molar-refractivity contribution >= 4 is 5.91 Å². The summed E-state index contributed by atoms with van der Waals surface area (Å²) in [4.78, 5) is 14.6. The van der Waals surface area contributed by atoms with Crippen LogP contribution in [0.2, 0.25) is 0 Å². The molecule has 1 aliphatic rings. The number of para-hydroxylation sites is 1. The van der Waals surface area contributed by atoms with Crippen LogP contribution in [0.5, 0.6) is 5.75 Å². The first kappa shape index (κ1) is 21.1. The van der Waals surface area contributed by atoms with E-state index in [1.54, 1.807) is 6.07 Å². The van der Waals surface area contributed by atoms with Crippen molar-refractivity contribution in [1.82, 2.24) is 25.0 Å². The molecule has 0 saturated carbocycles. The molecule has 1 atom stereocenters. The number of furan rings is 1. The predicted molar refractivity (Wildman–Crippen MR) is 112 cm³/mol. The number of carbonyl (C=O) groups is 1. The third kappa shape index (κ3) is 5.31. The summed E-state index contributed by atoms with van der Waals surface area (Å²) in [7, 11) is 0. The van der Waals surface area contributed by atoms with Crippen molar-refractivity contribution in [2.24, 2.45) is 0 Å². The molecule has 0 saturated heterocycles. The highest BCUT2D eigenvalue weighted by Gasteiger charge is 2.23. The highest BCUT2D eigenvalue weighted by Crippen LogP contribution is 2.18. The van der Waals surface area contributed by atoms with E-state index in [9.17, 15) is 4.79 Å². The van der Waals surface area contributed by atoms with Crippen LogP contribution in [0.1, 0.15) is 36.1 Å². The molecule has 1 amide bonds. The maximum Gasteiger partial charge on any atom is 0.258 e. The number of aromatic nitrogens is 3. The van der Waals surface area contributed by atoms with Gasteiger partial charge in [-0.3, -0.25) is 9.69 Å². The lowest BCUT2D eigenvalue weighted by atomic mass is 10.3. The molecule has 4 rings (SSSR count). The van der Waals surface area contributed by atoms with Crippen LogP contribution < -0.4 is 10.1 Å². The smallest absolute Gasteiger partial charge is 0.258 e. The van der Waals surface area contributed by atoms with E-state index >= 15 is 0 Å². The Morgan fingerprint density at radius 3 is 2.74 bits per heavy atom. The molecule has 1 aliphatic heterocycles. The van der Waals surface area contributed by atoms with Crippen molar-refractivity contribution in [1.29, 1.82) is 0 Å². The lowest BCUT2D eigenvalue weighted by Gasteiger charge is -2.19. The summed E-state index contributed by atoms with van der Waals surface area (Å²) in [6, 6.07) is 12.7. The van der Waals surface area contributed by atoms with Gasteiger partial charge in [-0.15, -0.1) is 10.2 Å². The summed E-state index contributed by atoms with van der Waals surface area (Å²) in [6.45, 7) is 4.80. The molecule has 9 nitrogen and oxygen atoms in total. The third-order valence-corrected chi connectivity index (χ3v) is 5.28. The van der Waals surface area contributed by atoms with E-state index in [4.69, 9.17) is 14.3 Å². The average molecular weight is 425 g/mol. The zero-order valence-electron chi connectivity index (χ0n) is 17.5. The summed E-state index contributed by atoms with van der Waals surface area (Å²) in [5, 5.41) is 20.8. The van der Waals surface area contributed by atoms with E-state index in [1.807, 2.05) is 43.3 Å². The monoisotopic (exact) mass is 425 g/mol. The summed E-state index contributed by atoms with van der Waals surface area (Å²) < 4.78 is 13.2. The molecule has 31 heavy (non-hydrogen) atoms. The summed E-state index contributed by atoms with van der Waals surface area (Å²) in [5.41, 5.74) is 0. The Balaban J connectivity index is 1.32. The number of rotatable bonds is 8. The number of nitrogens with one attached hydrogen (secondary N) is 1. The van der Waals surface area contributed by atoms with Gasteiger partial charge in [0.15, 0.2) is 12.4 Å². The van der Waals surface area contributed by atoms with Crippen LogP contribution in [0.25, 0.3) is 0 Å². The predicted octanol–water partition coefficient (Wildman–Crippen LogP) is 1.68. The normalized spacial score (nSPS) is 15.2. The Kier molecular flexibility index (Phi) is 6.63. The first-order valence-corrected chi connectivity index (χ1v) is 10.4. The van der Waals surface area contributed by atoms with E-state index in [2.05, 4.69) is 25.0 Å². The Hall–Kier alpha value is -3.17. The molecule has 2 N–H and O–H groups in total. The number of aliphatic hydroxyl groups is 1. The van der Waals surface area contributed by atoms with Crippen molar-refractivity contribution in [2.45, 2.75) is 39.1 Å². The zero-order chi connectivity index (χ0) is 21.6. The number of fused-ring (bicyclic) bond motifs is 1. The largest absolute Gasteiger partial charge is 0.484 e. The summed E-state index contributed by atoms with van der Waals surface area (Å²) in [6.07, 6.45) is 0.762. The van der Waals surface area contributed by atoms with Gasteiger partial charge in [0.1, 0.15) is 29.7 Å². The first-order valence-electron chi connectivity index (χ1n) is 10.4. The van der Waals surface area contributed by atoms with Crippen LogP contribution in [-0.2, 0) is 30.9 Å². The molecule has 0 aliphatic carbocycles. The molecule has 0 bridgehead atoms. The second kappa shape index (κ2) is 9.76. The minimum Gasteiger partial charge on any atom is -0.484 e. The SMILES string of the molecule is CC(NC(=O)COc1ccccc1)c1nnc2n1CCN(Cc1ccc(CO)o1)CC2. The molecule has 9 heteroatoms. The van der Waals surface area contributed by atoms with Gasteiger partial charge in [-0.2, -0.15) is 0 Å². The van der Waals surface area contributed by atoms with Gasteiger partial charge in [0.2, 0.25) is 0 Å². The van der Waals surface area contributed by atoms with Gasteiger partial charge in [-0.1, -0.05) is 18.2 Å². The van der Waals surface area contributed by atoms with Gasteiger partial charge in [0.05, 0.1) is 12.6 Å². The Labute approximate surface area is 180 Å². The minimum absolute atomic E-state index is 0.0535. The second-order valence-corrected chi connectivity index (χ2v) is 7.57. The highest BCUT2D eigenvalue weighted by atomic mass is 16.5. The van der Waals surface area contributed by atoms with Gasteiger partial charge in [-0.25, -0.2) is 0 Å². The van der Waals surface area contributed by atoms with Gasteiger partial charge < -0.3 is 24.1 Å². The fourth-order valence-electron chi connectivity index (χ4n) is 3.69. The van der Waals surface area contributed by atoms with Crippen molar-refractivity contribution in [3.8, 4) is 5.75 Å². The van der Waals surface area contributed by atoms with Gasteiger partial charge in [0.25, 0.3) is 5.91 Å². The van der Waals surface area contributed by atoms with Crippen LogP contribution in [-0.4, -0.2) is 50.4 Å². The van der Waals surface area contributed by atoms with E-state index in [0.717, 1.165) is 43.5 Å². The van der Waals surface area contributed by atoms with Crippen molar-refractivity contribution in [3.05, 3.63) is 65.6 Å². The molecule has 3 aromatic rings. The number of hydrogen-bond donors (Lipinski definition) is 2. The molecule has 2 aromatic heterocycles. The number of benzene rings is 1. The Morgan fingerprint density at radius 1 is 1.16 bits per heavy atom. The molecule has 164 valence electrons. The maximum absolute atomic E-state index is 12.3. The van der Waals surface area contributed by atoms with Crippen LogP contribution >= 0.6 is 0 Å². The fourth-order valence-corrected chi connectivity index (χ4v) is 3.69. The fraction of sp³-hybridized carbons (Fsp3) is 0.409. The van der Waals surface area contributed by atoms with E-state index < -0.39 is 0 Å². The molecule has 1 unspecified atom stereocenters. The standard InChI is InChI=1S/C22H27N5O4/c1-16(23-21(29)15-30-17-5-3-2-4-6-17)22-25-24-20-9-10-26(11-12-27(20)22)13-18-7-8-19(14-28)31-18/h2-8,16,28H,9-15H2,1H3,(H,23,29).